The van der Waals surface area contributed by atoms with Gasteiger partial charge in [0.15, 0.2) is 0 Å². The van der Waals surface area contributed by atoms with E-state index in [9.17, 15) is 5.11 Å². The quantitative estimate of drug-likeness (QED) is 0.791. The summed E-state index contributed by atoms with van der Waals surface area (Å²) in [4.78, 5) is 0. The van der Waals surface area contributed by atoms with E-state index in [1.807, 2.05) is 0 Å². The highest BCUT2D eigenvalue weighted by Gasteiger charge is 2.41. The molecule has 1 aliphatic rings. The Balaban J connectivity index is 2.05. The molecule has 1 aromatic rings. The minimum atomic E-state index is 0.175. The van der Waals surface area contributed by atoms with Crippen molar-refractivity contribution in [3.8, 4) is 0 Å². The molecule has 1 aromatic carbocycles. The highest BCUT2D eigenvalue weighted by molar-refractivity contribution is 5.56. The number of hydrogen-bond acceptors (Lipinski definition) is 2. The number of hydrogen-bond donors (Lipinski definition) is 2. The fourth-order valence-electron chi connectivity index (χ4n) is 1.94. The second kappa shape index (κ2) is 3.86. The Labute approximate surface area is 91.3 Å². The number of anilines is 1. The fraction of sp³-hybridized carbons (Fsp3) is 0.538. The van der Waals surface area contributed by atoms with E-state index in [1.54, 1.807) is 0 Å². The summed E-state index contributed by atoms with van der Waals surface area (Å²) in [5.41, 5.74) is 3.97. The number of aliphatic hydroxyl groups is 1. The first kappa shape index (κ1) is 10.5. The summed E-state index contributed by atoms with van der Waals surface area (Å²) in [5, 5.41) is 12.7. The summed E-state index contributed by atoms with van der Waals surface area (Å²) in [5.74, 6) is 0. The van der Waals surface area contributed by atoms with Crippen molar-refractivity contribution in [3.05, 3.63) is 29.3 Å². The van der Waals surface area contributed by atoms with Gasteiger partial charge in [-0.05, 0) is 37.8 Å². The molecule has 0 heterocycles. The molecule has 0 bridgehead atoms. The molecule has 1 saturated carbocycles. The van der Waals surface area contributed by atoms with Gasteiger partial charge in [0, 0.05) is 17.6 Å². The average Bonchev–Trinajstić information content (AvgIpc) is 2.98. The Hall–Kier alpha value is -1.02. The molecule has 0 spiro atoms. The van der Waals surface area contributed by atoms with Gasteiger partial charge in [-0.3, -0.25) is 0 Å². The average molecular weight is 205 g/mol. The Morgan fingerprint density at radius 1 is 1.27 bits per heavy atom. The molecule has 0 atom stereocenters. The minimum absolute atomic E-state index is 0.175. The summed E-state index contributed by atoms with van der Waals surface area (Å²) in [6.45, 7) is 5.45. The van der Waals surface area contributed by atoms with Crippen LogP contribution in [-0.4, -0.2) is 18.3 Å². The van der Waals surface area contributed by atoms with E-state index in [2.05, 4.69) is 37.4 Å². The number of nitrogens with one attached hydrogen (secondary N) is 1. The monoisotopic (exact) mass is 205 g/mol. The molecule has 15 heavy (non-hydrogen) atoms. The molecule has 0 radical (unpaired) electrons. The van der Waals surface area contributed by atoms with Crippen LogP contribution in [0.2, 0.25) is 0 Å². The van der Waals surface area contributed by atoms with E-state index in [0.717, 1.165) is 19.4 Å². The number of aliphatic hydroxyl groups excluding tert-OH is 1. The highest BCUT2D eigenvalue weighted by Crippen LogP contribution is 2.45. The molecule has 0 unspecified atom stereocenters. The second-order valence-electron chi connectivity index (χ2n) is 4.78. The zero-order valence-electron chi connectivity index (χ0n) is 9.51. The van der Waals surface area contributed by atoms with Gasteiger partial charge in [-0.25, -0.2) is 0 Å². The van der Waals surface area contributed by atoms with Crippen molar-refractivity contribution in [3.63, 3.8) is 0 Å². The van der Waals surface area contributed by atoms with E-state index in [1.165, 1.54) is 16.8 Å². The Kier molecular flexibility index (Phi) is 2.70. The van der Waals surface area contributed by atoms with Crippen LogP contribution in [0, 0.1) is 19.3 Å². The van der Waals surface area contributed by atoms with Gasteiger partial charge < -0.3 is 10.4 Å². The van der Waals surface area contributed by atoms with Gasteiger partial charge in [-0.15, -0.1) is 0 Å². The third-order valence-electron chi connectivity index (χ3n) is 3.41. The molecule has 2 heteroatoms. The number of para-hydroxylation sites is 1. The largest absolute Gasteiger partial charge is 0.396 e. The lowest BCUT2D eigenvalue weighted by Crippen LogP contribution is -2.19. The summed E-state index contributed by atoms with van der Waals surface area (Å²) in [6, 6.07) is 6.32. The van der Waals surface area contributed by atoms with Crippen LogP contribution in [0.1, 0.15) is 24.0 Å². The second-order valence-corrected chi connectivity index (χ2v) is 4.78. The van der Waals surface area contributed by atoms with Crippen molar-refractivity contribution in [2.24, 2.45) is 5.41 Å². The van der Waals surface area contributed by atoms with Gasteiger partial charge in [-0.2, -0.15) is 0 Å². The maximum Gasteiger partial charge on any atom is 0.0504 e. The zero-order valence-corrected chi connectivity index (χ0v) is 9.51. The van der Waals surface area contributed by atoms with E-state index in [-0.39, 0.29) is 5.41 Å². The van der Waals surface area contributed by atoms with E-state index in [4.69, 9.17) is 0 Å². The molecule has 1 aliphatic carbocycles. The van der Waals surface area contributed by atoms with Crippen molar-refractivity contribution in [1.82, 2.24) is 0 Å². The number of benzene rings is 1. The minimum Gasteiger partial charge on any atom is -0.396 e. The lowest BCUT2D eigenvalue weighted by atomic mass is 10.1. The third kappa shape index (κ3) is 2.15. The first-order valence-electron chi connectivity index (χ1n) is 5.58. The third-order valence-corrected chi connectivity index (χ3v) is 3.41. The van der Waals surface area contributed by atoms with Gasteiger partial charge in [-0.1, -0.05) is 18.2 Å². The predicted octanol–water partition coefficient (Wildman–Crippen LogP) is 2.49. The van der Waals surface area contributed by atoms with Gasteiger partial charge in [0.1, 0.15) is 0 Å². The standard InChI is InChI=1S/C13H19NO/c1-10-4-3-5-11(2)12(10)14-8-13(9-15)6-7-13/h3-5,14-15H,6-9H2,1-2H3. The smallest absolute Gasteiger partial charge is 0.0504 e. The topological polar surface area (TPSA) is 32.3 Å². The molecule has 0 aliphatic heterocycles. The summed E-state index contributed by atoms with van der Waals surface area (Å²) in [6.07, 6.45) is 2.31. The van der Waals surface area contributed by atoms with Crippen molar-refractivity contribution in [1.29, 1.82) is 0 Å². The molecule has 0 saturated heterocycles. The molecule has 2 rings (SSSR count). The van der Waals surface area contributed by atoms with Gasteiger partial charge >= 0.3 is 0 Å². The lowest BCUT2D eigenvalue weighted by Gasteiger charge is -2.17. The molecule has 0 aromatic heterocycles. The Bertz CT molecular complexity index is 335. The lowest BCUT2D eigenvalue weighted by molar-refractivity contribution is 0.220. The summed E-state index contributed by atoms with van der Waals surface area (Å²) in [7, 11) is 0. The molecule has 1 fully saturated rings. The molecular weight excluding hydrogens is 186 g/mol. The first-order chi connectivity index (χ1) is 7.17. The Morgan fingerprint density at radius 3 is 2.33 bits per heavy atom. The summed E-state index contributed by atoms with van der Waals surface area (Å²) >= 11 is 0. The number of aryl methyl sites for hydroxylation is 2. The maximum atomic E-state index is 9.23. The zero-order chi connectivity index (χ0) is 10.9. The van der Waals surface area contributed by atoms with Crippen molar-refractivity contribution in [2.45, 2.75) is 26.7 Å². The van der Waals surface area contributed by atoms with Crippen LogP contribution in [0.15, 0.2) is 18.2 Å². The van der Waals surface area contributed by atoms with Crippen LogP contribution in [0.5, 0.6) is 0 Å². The van der Waals surface area contributed by atoms with E-state index >= 15 is 0 Å². The SMILES string of the molecule is Cc1cccc(C)c1NCC1(CO)CC1. The van der Waals surface area contributed by atoms with Crippen molar-refractivity contribution >= 4 is 5.69 Å². The van der Waals surface area contributed by atoms with Crippen LogP contribution in [0.3, 0.4) is 0 Å². The van der Waals surface area contributed by atoms with Crippen LogP contribution in [-0.2, 0) is 0 Å². The predicted molar refractivity (Wildman–Crippen MR) is 63.2 cm³/mol. The van der Waals surface area contributed by atoms with Crippen LogP contribution in [0.25, 0.3) is 0 Å². The fourth-order valence-corrected chi connectivity index (χ4v) is 1.94. The van der Waals surface area contributed by atoms with Crippen molar-refractivity contribution in [2.75, 3.05) is 18.5 Å². The van der Waals surface area contributed by atoms with Crippen molar-refractivity contribution < 1.29 is 5.11 Å². The molecule has 2 N–H and O–H groups in total. The van der Waals surface area contributed by atoms with Gasteiger partial charge in [0.2, 0.25) is 0 Å². The van der Waals surface area contributed by atoms with E-state index < -0.39 is 0 Å². The molecule has 0 amide bonds. The first-order valence-corrected chi connectivity index (χ1v) is 5.58. The Morgan fingerprint density at radius 2 is 1.87 bits per heavy atom. The molecule has 82 valence electrons. The van der Waals surface area contributed by atoms with Gasteiger partial charge in [0.25, 0.3) is 0 Å². The maximum absolute atomic E-state index is 9.23. The molecule has 2 nitrogen and oxygen atoms in total. The highest BCUT2D eigenvalue weighted by atomic mass is 16.3. The van der Waals surface area contributed by atoms with Gasteiger partial charge in [0.05, 0.1) is 6.61 Å². The molecular formula is C13H19NO. The van der Waals surface area contributed by atoms with Crippen LogP contribution in [0.4, 0.5) is 5.69 Å². The van der Waals surface area contributed by atoms with E-state index in [0.29, 0.717) is 6.61 Å². The van der Waals surface area contributed by atoms with Crippen LogP contribution < -0.4 is 5.32 Å². The summed E-state index contributed by atoms with van der Waals surface area (Å²) < 4.78 is 0. The van der Waals surface area contributed by atoms with Crippen LogP contribution >= 0.6 is 0 Å². The normalized spacial score (nSPS) is 17.5. The number of rotatable bonds is 4.